The molecular weight excluding hydrogens is 555 g/mol. The van der Waals surface area contributed by atoms with Crippen LogP contribution in [0.25, 0.3) is 16.7 Å². The second-order valence-electron chi connectivity index (χ2n) is 12.9. The van der Waals surface area contributed by atoms with Crippen molar-refractivity contribution >= 4 is 27.0 Å². The highest BCUT2D eigenvalue weighted by atomic mass is 32.2. The Labute approximate surface area is 247 Å². The summed E-state index contributed by atoms with van der Waals surface area (Å²) in [5, 5.41) is 0. The van der Waals surface area contributed by atoms with Crippen molar-refractivity contribution in [2.45, 2.75) is 51.5 Å². The summed E-state index contributed by atoms with van der Waals surface area (Å²) in [6, 6.07) is 4.38. The van der Waals surface area contributed by atoms with E-state index in [4.69, 9.17) is 0 Å². The highest BCUT2D eigenvalue weighted by Gasteiger charge is 2.43. The second-order valence-corrected chi connectivity index (χ2v) is 14.9. The van der Waals surface area contributed by atoms with E-state index in [0.717, 1.165) is 56.4 Å². The molecule has 1 aliphatic carbocycles. The maximum Gasteiger partial charge on any atom is 0.256 e. The lowest BCUT2D eigenvalue weighted by molar-refractivity contribution is 0.0754. The molecule has 1 aromatic carbocycles. The minimum atomic E-state index is -3.10. The van der Waals surface area contributed by atoms with E-state index in [0.29, 0.717) is 48.0 Å². The molecule has 226 valence electrons. The quantitative estimate of drug-likeness (QED) is 0.407. The highest BCUT2D eigenvalue weighted by Crippen LogP contribution is 2.48. The number of nitrogens with zero attached hydrogens (tertiary/aromatic N) is 6. The summed E-state index contributed by atoms with van der Waals surface area (Å²) in [5.74, 6) is 1.48. The summed E-state index contributed by atoms with van der Waals surface area (Å²) in [5.41, 5.74) is 3.83. The Morgan fingerprint density at radius 3 is 2.48 bits per heavy atom. The number of hydrogen-bond donors (Lipinski definition) is 0. The number of hydrogen-bond acceptors (Lipinski definition) is 6. The Morgan fingerprint density at radius 1 is 1.14 bits per heavy atom. The molecule has 3 aliphatic rings. The van der Waals surface area contributed by atoms with Gasteiger partial charge in [0.2, 0.25) is 10.0 Å². The van der Waals surface area contributed by atoms with Gasteiger partial charge in [-0.25, -0.2) is 27.1 Å². The summed E-state index contributed by atoms with van der Waals surface area (Å²) >= 11 is 0. The fourth-order valence-corrected chi connectivity index (χ4v) is 8.27. The Morgan fingerprint density at radius 2 is 1.83 bits per heavy atom. The van der Waals surface area contributed by atoms with Gasteiger partial charge in [-0.1, -0.05) is 0 Å². The molecular formula is C31H41FN6O3S. The molecule has 4 heterocycles. The zero-order valence-corrected chi connectivity index (χ0v) is 25.7. The number of piperidine rings is 1. The van der Waals surface area contributed by atoms with Crippen LogP contribution in [0.15, 0.2) is 36.9 Å². The lowest BCUT2D eigenvalue weighted by Gasteiger charge is -2.32. The number of sulfonamides is 1. The van der Waals surface area contributed by atoms with E-state index >= 15 is 0 Å². The Hall–Kier alpha value is -2.89. The average Bonchev–Trinajstić information content (AvgIpc) is 3.63. The molecule has 3 fully saturated rings. The minimum Gasteiger partial charge on any atom is -0.339 e. The first kappa shape index (κ1) is 29.2. The van der Waals surface area contributed by atoms with Gasteiger partial charge in [0, 0.05) is 52.0 Å². The van der Waals surface area contributed by atoms with Gasteiger partial charge in [-0.05, 0) is 87.0 Å². The Kier molecular flexibility index (Phi) is 7.86. The number of aromatic nitrogens is 3. The van der Waals surface area contributed by atoms with Gasteiger partial charge in [0.25, 0.3) is 5.91 Å². The van der Waals surface area contributed by atoms with Crippen LogP contribution in [-0.2, 0) is 10.0 Å². The van der Waals surface area contributed by atoms with Crippen LogP contribution in [0.5, 0.6) is 0 Å². The summed E-state index contributed by atoms with van der Waals surface area (Å²) < 4.78 is 41.7. The third-order valence-electron chi connectivity index (χ3n) is 9.86. The first-order valence-electron chi connectivity index (χ1n) is 15.0. The molecule has 2 aromatic heterocycles. The van der Waals surface area contributed by atoms with Gasteiger partial charge in [0.1, 0.15) is 12.1 Å². The number of fused-ring (bicyclic) bond motifs is 2. The molecule has 2 saturated heterocycles. The van der Waals surface area contributed by atoms with E-state index in [9.17, 15) is 17.6 Å². The third kappa shape index (κ3) is 5.58. The fraction of sp³-hybridized carbons (Fsp3) is 0.581. The number of halogens is 1. The monoisotopic (exact) mass is 596 g/mol. The molecule has 1 amide bonds. The number of likely N-dealkylation sites (tertiary alicyclic amines) is 1. The predicted molar refractivity (Wildman–Crippen MR) is 161 cm³/mol. The minimum absolute atomic E-state index is 0.0216. The molecule has 2 atom stereocenters. The van der Waals surface area contributed by atoms with Crippen LogP contribution in [0, 0.1) is 23.6 Å². The van der Waals surface area contributed by atoms with Gasteiger partial charge in [-0.15, -0.1) is 0 Å². The van der Waals surface area contributed by atoms with Gasteiger partial charge in [0.15, 0.2) is 0 Å². The van der Waals surface area contributed by atoms with Crippen LogP contribution >= 0.6 is 0 Å². The van der Waals surface area contributed by atoms with Crippen molar-refractivity contribution in [3.05, 3.63) is 53.9 Å². The van der Waals surface area contributed by atoms with E-state index in [1.54, 1.807) is 34.8 Å². The molecule has 6 rings (SSSR count). The van der Waals surface area contributed by atoms with Crippen LogP contribution in [0.3, 0.4) is 0 Å². The summed E-state index contributed by atoms with van der Waals surface area (Å²) in [6.07, 6.45) is 10.8. The molecule has 42 heavy (non-hydrogen) atoms. The zero-order chi connectivity index (χ0) is 29.8. The topological polar surface area (TPSA) is 91.6 Å². The number of carbonyl (C=O) groups is 1. The zero-order valence-electron chi connectivity index (χ0n) is 24.9. The number of rotatable bonds is 7. The second kappa shape index (κ2) is 11.3. The molecule has 11 heteroatoms. The van der Waals surface area contributed by atoms with Crippen LogP contribution in [0.2, 0.25) is 0 Å². The van der Waals surface area contributed by atoms with Gasteiger partial charge >= 0.3 is 0 Å². The molecule has 3 aromatic rings. The standard InChI is InChI=1S/C31H41FN6O3S/c1-20(2)35(3)31(39)26-13-25(32)5-6-28(26)38-18-27(30-29(38)14-33-19-34-30)22-11-23-16-36(17-24(23)12-22)15-21-7-9-37(10-8-21)42(4,40)41/h5-6,13-14,18-24H,7-12,15-17H2,1-4H3. The lowest BCUT2D eigenvalue weighted by Crippen LogP contribution is -2.40. The van der Waals surface area contributed by atoms with Crippen LogP contribution in [0.1, 0.15) is 61.4 Å². The number of benzene rings is 1. The third-order valence-corrected chi connectivity index (χ3v) is 11.2. The predicted octanol–water partition coefficient (Wildman–Crippen LogP) is 4.14. The van der Waals surface area contributed by atoms with Crippen LogP contribution < -0.4 is 0 Å². The van der Waals surface area contributed by atoms with E-state index < -0.39 is 15.8 Å². The maximum absolute atomic E-state index is 14.4. The molecule has 1 saturated carbocycles. The van der Waals surface area contributed by atoms with Crippen molar-refractivity contribution < 1.29 is 17.6 Å². The first-order chi connectivity index (χ1) is 20.0. The highest BCUT2D eigenvalue weighted by molar-refractivity contribution is 7.88. The van der Waals surface area contributed by atoms with Gasteiger partial charge in [0.05, 0.1) is 34.7 Å². The largest absolute Gasteiger partial charge is 0.339 e. The van der Waals surface area contributed by atoms with Crippen molar-refractivity contribution in [3.8, 4) is 5.69 Å². The molecule has 0 bridgehead atoms. The summed E-state index contributed by atoms with van der Waals surface area (Å²) in [7, 11) is -1.36. The molecule has 2 unspecified atom stereocenters. The normalized spacial score (nSPS) is 24.1. The SMILES string of the molecule is CC(C)N(C)C(=O)c1cc(F)ccc1-n1cc(C2CC3CN(CC4CCN(S(C)(=O)=O)CC4)CC3C2)c2ncncc21. The van der Waals surface area contributed by atoms with Crippen LogP contribution in [0.4, 0.5) is 4.39 Å². The van der Waals surface area contributed by atoms with E-state index in [1.807, 2.05) is 18.4 Å². The van der Waals surface area contributed by atoms with Gasteiger partial charge < -0.3 is 14.4 Å². The molecule has 0 spiro atoms. The van der Waals surface area contributed by atoms with Crippen molar-refractivity contribution in [2.24, 2.45) is 17.8 Å². The Balaban J connectivity index is 1.19. The van der Waals surface area contributed by atoms with E-state index in [1.165, 1.54) is 24.0 Å². The van der Waals surface area contributed by atoms with Crippen LogP contribution in [-0.4, -0.2) is 95.0 Å². The van der Waals surface area contributed by atoms with Crippen molar-refractivity contribution in [1.82, 2.24) is 28.6 Å². The summed E-state index contributed by atoms with van der Waals surface area (Å²) in [6.45, 7) is 8.36. The molecule has 0 radical (unpaired) electrons. The number of amides is 1. The molecule has 0 N–H and O–H groups in total. The fourth-order valence-electron chi connectivity index (χ4n) is 7.39. The average molecular weight is 597 g/mol. The lowest BCUT2D eigenvalue weighted by atomic mass is 9.96. The van der Waals surface area contributed by atoms with Crippen molar-refractivity contribution in [3.63, 3.8) is 0 Å². The molecule has 2 aliphatic heterocycles. The maximum atomic E-state index is 14.4. The van der Waals surface area contributed by atoms with Gasteiger partial charge in [-0.2, -0.15) is 0 Å². The number of carbonyl (C=O) groups excluding carboxylic acids is 1. The van der Waals surface area contributed by atoms with Crippen molar-refractivity contribution in [1.29, 1.82) is 0 Å². The Bertz CT molecular complexity index is 1570. The molecule has 9 nitrogen and oxygen atoms in total. The van der Waals surface area contributed by atoms with E-state index in [2.05, 4.69) is 21.1 Å². The van der Waals surface area contributed by atoms with Gasteiger partial charge in [-0.3, -0.25) is 4.79 Å². The summed E-state index contributed by atoms with van der Waals surface area (Å²) in [4.78, 5) is 26.6. The smallest absolute Gasteiger partial charge is 0.256 e. The van der Waals surface area contributed by atoms with E-state index in [-0.39, 0.29) is 11.9 Å². The van der Waals surface area contributed by atoms with Crippen molar-refractivity contribution in [2.75, 3.05) is 46.0 Å². The first-order valence-corrected chi connectivity index (χ1v) is 16.9.